The molecule has 1 saturated heterocycles. The van der Waals surface area contributed by atoms with Crippen LogP contribution in [0.25, 0.3) is 0 Å². The molecule has 2 aliphatic heterocycles. The van der Waals surface area contributed by atoms with Gasteiger partial charge in [-0.1, -0.05) is 39.0 Å². The Kier molecular flexibility index (Phi) is 3.78. The van der Waals surface area contributed by atoms with Crippen LogP contribution in [0.3, 0.4) is 0 Å². The normalized spacial score (nSPS) is 27.4. The van der Waals surface area contributed by atoms with E-state index in [1.165, 1.54) is 19.1 Å². The fraction of sp³-hybridized carbons (Fsp3) is 0.500. The highest BCUT2D eigenvalue weighted by molar-refractivity contribution is 6.03. The predicted octanol–water partition coefficient (Wildman–Crippen LogP) is 2.23. The van der Waals surface area contributed by atoms with Gasteiger partial charge in [0.2, 0.25) is 0 Å². The molecule has 0 aliphatic carbocycles. The highest BCUT2D eigenvalue weighted by Crippen LogP contribution is 2.62. The standard InChI is InChI=1S/C18H21NO6/c1-17(2,3)18-10-8-6-7-9-11(10)19(16(22)24-5)15(18)25-14(21)12(18)13(20)23-4/h6-9,12,15H,1-5H3. The van der Waals surface area contributed by atoms with E-state index in [1.54, 1.807) is 18.2 Å². The van der Waals surface area contributed by atoms with Crippen molar-refractivity contribution in [3.05, 3.63) is 29.8 Å². The molecule has 7 heteroatoms. The first-order chi connectivity index (χ1) is 11.7. The Hall–Kier alpha value is -2.57. The second kappa shape index (κ2) is 5.47. The third kappa shape index (κ3) is 2.01. The Morgan fingerprint density at radius 2 is 1.80 bits per heavy atom. The average molecular weight is 347 g/mol. The van der Waals surface area contributed by atoms with Crippen molar-refractivity contribution in [1.29, 1.82) is 0 Å². The van der Waals surface area contributed by atoms with Gasteiger partial charge in [-0.15, -0.1) is 0 Å². The molecule has 7 nitrogen and oxygen atoms in total. The Balaban J connectivity index is 2.35. The summed E-state index contributed by atoms with van der Waals surface area (Å²) in [6, 6.07) is 7.15. The van der Waals surface area contributed by atoms with Crippen LogP contribution in [-0.4, -0.2) is 38.5 Å². The third-order valence-corrected chi connectivity index (χ3v) is 5.20. The van der Waals surface area contributed by atoms with Gasteiger partial charge in [-0.05, 0) is 17.0 Å². The molecule has 1 amide bonds. The molecule has 134 valence electrons. The molecule has 0 N–H and O–H groups in total. The van der Waals surface area contributed by atoms with Gasteiger partial charge in [-0.25, -0.2) is 9.69 Å². The summed E-state index contributed by atoms with van der Waals surface area (Å²) in [7, 11) is 2.49. The maximum absolute atomic E-state index is 12.6. The maximum Gasteiger partial charge on any atom is 0.417 e. The molecule has 3 unspecified atom stereocenters. The first kappa shape index (κ1) is 17.3. The summed E-state index contributed by atoms with van der Waals surface area (Å²) in [5, 5.41) is 0. The molecule has 0 aromatic heterocycles. The van der Waals surface area contributed by atoms with Gasteiger partial charge in [0.15, 0.2) is 12.1 Å². The molecule has 2 heterocycles. The van der Waals surface area contributed by atoms with Crippen LogP contribution in [0.2, 0.25) is 0 Å². The Labute approximate surface area is 145 Å². The van der Waals surface area contributed by atoms with Crippen LogP contribution in [0.5, 0.6) is 0 Å². The lowest BCUT2D eigenvalue weighted by atomic mass is 9.57. The number of nitrogens with zero attached hydrogens (tertiary/aromatic N) is 1. The second-order valence-electron chi connectivity index (χ2n) is 7.22. The minimum absolute atomic E-state index is 0.565. The molecule has 0 bridgehead atoms. The van der Waals surface area contributed by atoms with E-state index in [4.69, 9.17) is 14.2 Å². The van der Waals surface area contributed by atoms with Gasteiger partial charge >= 0.3 is 18.0 Å². The highest BCUT2D eigenvalue weighted by Gasteiger charge is 2.73. The number of esters is 2. The van der Waals surface area contributed by atoms with E-state index < -0.39 is 41.0 Å². The summed E-state index contributed by atoms with van der Waals surface area (Å²) in [5.41, 5.74) is -0.418. The van der Waals surface area contributed by atoms with Crippen LogP contribution in [0, 0.1) is 11.3 Å². The molecule has 0 saturated carbocycles. The number of benzene rings is 1. The summed E-state index contributed by atoms with van der Waals surface area (Å²) in [4.78, 5) is 38.9. The van der Waals surface area contributed by atoms with Crippen molar-refractivity contribution in [2.75, 3.05) is 19.1 Å². The van der Waals surface area contributed by atoms with Gasteiger partial charge < -0.3 is 14.2 Å². The minimum Gasteiger partial charge on any atom is -0.468 e. The quantitative estimate of drug-likeness (QED) is 0.440. The molecule has 1 fully saturated rings. The number of rotatable bonds is 1. The fourth-order valence-corrected chi connectivity index (χ4v) is 4.20. The first-order valence-corrected chi connectivity index (χ1v) is 7.96. The smallest absolute Gasteiger partial charge is 0.417 e. The van der Waals surface area contributed by atoms with Crippen LogP contribution in [-0.2, 0) is 29.2 Å². The molecule has 3 rings (SSSR count). The van der Waals surface area contributed by atoms with E-state index in [2.05, 4.69) is 0 Å². The molecule has 25 heavy (non-hydrogen) atoms. The van der Waals surface area contributed by atoms with E-state index in [9.17, 15) is 14.4 Å². The lowest BCUT2D eigenvalue weighted by molar-refractivity contribution is -0.156. The van der Waals surface area contributed by atoms with Gasteiger partial charge in [0, 0.05) is 0 Å². The molecular weight excluding hydrogens is 326 g/mol. The Morgan fingerprint density at radius 1 is 1.16 bits per heavy atom. The molecule has 3 atom stereocenters. The summed E-state index contributed by atoms with van der Waals surface area (Å²) in [6.45, 7) is 5.74. The van der Waals surface area contributed by atoms with Crippen molar-refractivity contribution in [1.82, 2.24) is 0 Å². The van der Waals surface area contributed by atoms with Crippen molar-refractivity contribution in [3.8, 4) is 0 Å². The topological polar surface area (TPSA) is 82.1 Å². The van der Waals surface area contributed by atoms with Crippen LogP contribution in [0.4, 0.5) is 10.5 Å². The van der Waals surface area contributed by atoms with Crippen LogP contribution in [0.1, 0.15) is 26.3 Å². The largest absolute Gasteiger partial charge is 0.468 e. The number of hydrogen-bond acceptors (Lipinski definition) is 6. The predicted molar refractivity (Wildman–Crippen MR) is 87.8 cm³/mol. The zero-order valence-corrected chi connectivity index (χ0v) is 14.9. The number of fused-ring (bicyclic) bond motifs is 3. The zero-order chi connectivity index (χ0) is 18.6. The van der Waals surface area contributed by atoms with Crippen LogP contribution in [0.15, 0.2) is 24.3 Å². The van der Waals surface area contributed by atoms with Gasteiger partial charge in [-0.2, -0.15) is 0 Å². The third-order valence-electron chi connectivity index (χ3n) is 5.20. The number of carbonyl (C=O) groups excluding carboxylic acids is 3. The molecule has 0 spiro atoms. The molecular formula is C18H21NO6. The van der Waals surface area contributed by atoms with Crippen molar-refractivity contribution in [2.45, 2.75) is 32.4 Å². The average Bonchev–Trinajstić information content (AvgIpc) is 3.02. The fourth-order valence-electron chi connectivity index (χ4n) is 4.20. The van der Waals surface area contributed by atoms with Gasteiger partial charge in [0.25, 0.3) is 0 Å². The van der Waals surface area contributed by atoms with Gasteiger partial charge in [0.05, 0.1) is 25.3 Å². The van der Waals surface area contributed by atoms with E-state index in [0.29, 0.717) is 11.3 Å². The number of ether oxygens (including phenoxy) is 3. The molecule has 0 radical (unpaired) electrons. The molecule has 1 aromatic carbocycles. The summed E-state index contributed by atoms with van der Waals surface area (Å²) < 4.78 is 15.3. The number of carbonyl (C=O) groups is 3. The van der Waals surface area contributed by atoms with Crippen molar-refractivity contribution in [2.24, 2.45) is 11.3 Å². The number of hydrogen-bond donors (Lipinski definition) is 0. The molecule has 2 aliphatic rings. The number of anilines is 1. The van der Waals surface area contributed by atoms with Crippen molar-refractivity contribution in [3.63, 3.8) is 0 Å². The number of amides is 1. The van der Waals surface area contributed by atoms with Crippen LogP contribution < -0.4 is 4.90 Å². The summed E-state index contributed by atoms with van der Waals surface area (Å²) in [5.74, 6) is -2.54. The number of para-hydroxylation sites is 1. The minimum atomic E-state index is -1.17. The first-order valence-electron chi connectivity index (χ1n) is 7.96. The summed E-state index contributed by atoms with van der Waals surface area (Å²) >= 11 is 0. The lowest BCUT2D eigenvalue weighted by Gasteiger charge is -2.43. The van der Waals surface area contributed by atoms with Gasteiger partial charge in [0.1, 0.15) is 0 Å². The summed E-state index contributed by atoms with van der Waals surface area (Å²) in [6.07, 6.45) is -1.63. The van der Waals surface area contributed by atoms with Gasteiger partial charge in [-0.3, -0.25) is 9.59 Å². The lowest BCUT2D eigenvalue weighted by Crippen LogP contribution is -2.55. The van der Waals surface area contributed by atoms with E-state index in [-0.39, 0.29) is 0 Å². The van der Waals surface area contributed by atoms with E-state index in [1.807, 2.05) is 26.8 Å². The number of methoxy groups -OCH3 is 2. The Morgan fingerprint density at radius 3 is 2.36 bits per heavy atom. The second-order valence-corrected chi connectivity index (χ2v) is 7.22. The van der Waals surface area contributed by atoms with Crippen molar-refractivity contribution < 1.29 is 28.6 Å². The maximum atomic E-state index is 12.6. The van der Waals surface area contributed by atoms with E-state index in [0.717, 1.165) is 0 Å². The SMILES string of the molecule is COC(=O)C1C(=O)OC2N(C(=O)OC)c3ccccc3C12C(C)(C)C. The van der Waals surface area contributed by atoms with E-state index >= 15 is 0 Å². The zero-order valence-electron chi connectivity index (χ0n) is 14.9. The van der Waals surface area contributed by atoms with Crippen LogP contribution >= 0.6 is 0 Å². The highest BCUT2D eigenvalue weighted by atomic mass is 16.6. The Bertz CT molecular complexity index is 752. The monoisotopic (exact) mass is 347 g/mol. The van der Waals surface area contributed by atoms with Crippen molar-refractivity contribution >= 4 is 23.7 Å². The molecule has 1 aromatic rings.